The van der Waals surface area contributed by atoms with Crippen LogP contribution in [-0.2, 0) is 20.0 Å². The highest BCUT2D eigenvalue weighted by Gasteiger charge is 2.33. The largest absolute Gasteiger partial charge is 0.440 e. The number of nitrogens with two attached hydrogens (primary N) is 1. The van der Waals surface area contributed by atoms with E-state index in [-0.39, 0.29) is 22.3 Å². The van der Waals surface area contributed by atoms with Crippen molar-refractivity contribution in [2.24, 2.45) is 5.14 Å². The third-order valence-electron chi connectivity index (χ3n) is 4.82. The molecule has 1 aliphatic heterocycles. The Bertz CT molecular complexity index is 1200. The number of aromatic nitrogens is 1. The van der Waals surface area contributed by atoms with Crippen LogP contribution in [0.25, 0.3) is 11.1 Å². The highest BCUT2D eigenvalue weighted by Crippen LogP contribution is 2.32. The van der Waals surface area contributed by atoms with E-state index in [4.69, 9.17) is 9.56 Å². The fourth-order valence-electron chi connectivity index (χ4n) is 3.39. The Balaban J connectivity index is 1.63. The van der Waals surface area contributed by atoms with Crippen molar-refractivity contribution in [1.29, 1.82) is 0 Å². The van der Waals surface area contributed by atoms with Gasteiger partial charge in [-0.3, -0.25) is 0 Å². The average Bonchev–Trinajstić information content (AvgIpc) is 3.12. The lowest BCUT2D eigenvalue weighted by Crippen LogP contribution is -2.39. The maximum absolute atomic E-state index is 13.1. The van der Waals surface area contributed by atoms with Crippen LogP contribution in [-0.4, -0.2) is 39.2 Å². The molecule has 1 aliphatic rings. The molecule has 1 fully saturated rings. The van der Waals surface area contributed by atoms with Crippen molar-refractivity contribution in [2.75, 3.05) is 13.1 Å². The van der Waals surface area contributed by atoms with Crippen LogP contribution in [0.1, 0.15) is 24.7 Å². The number of hydrogen-bond acceptors (Lipinski definition) is 6. The van der Waals surface area contributed by atoms with Gasteiger partial charge in [-0.2, -0.15) is 4.31 Å². The van der Waals surface area contributed by atoms with E-state index in [0.717, 1.165) is 18.0 Å². The minimum atomic E-state index is -3.99. The van der Waals surface area contributed by atoms with Gasteiger partial charge < -0.3 is 4.42 Å². The molecule has 0 bridgehead atoms. The Kier molecular flexibility index (Phi) is 4.74. The van der Waals surface area contributed by atoms with Crippen molar-refractivity contribution in [1.82, 2.24) is 9.29 Å². The van der Waals surface area contributed by atoms with Crippen LogP contribution in [0.2, 0.25) is 0 Å². The summed E-state index contributed by atoms with van der Waals surface area (Å²) in [6.07, 6.45) is 1.41. The van der Waals surface area contributed by atoms with Gasteiger partial charge in [-0.15, -0.1) is 0 Å². The quantitative estimate of drug-likeness (QED) is 0.687. The summed E-state index contributed by atoms with van der Waals surface area (Å²) < 4.78 is 56.4. The molecule has 1 unspecified atom stereocenters. The molecule has 1 atom stereocenters. The fraction of sp³-hybridized carbons (Fsp3) is 0.278. The maximum Gasteiger partial charge on any atom is 0.243 e. The molecule has 28 heavy (non-hydrogen) atoms. The van der Waals surface area contributed by atoms with Crippen molar-refractivity contribution in [3.63, 3.8) is 0 Å². The van der Waals surface area contributed by atoms with E-state index in [0.29, 0.717) is 24.4 Å². The van der Waals surface area contributed by atoms with E-state index >= 15 is 0 Å². The predicted octanol–water partition coefficient (Wildman–Crippen LogP) is 2.04. The average molecular weight is 422 g/mol. The Morgan fingerprint density at radius 3 is 2.54 bits per heavy atom. The van der Waals surface area contributed by atoms with E-state index in [1.165, 1.54) is 22.5 Å². The molecule has 2 aromatic carbocycles. The summed E-state index contributed by atoms with van der Waals surface area (Å²) in [6, 6.07) is 12.5. The first-order valence-electron chi connectivity index (χ1n) is 8.73. The van der Waals surface area contributed by atoms with Crippen molar-refractivity contribution < 1.29 is 21.3 Å². The standard InChI is InChI=1S/C18H19N3O5S2/c19-27(22,23)14-6-3-7-15(11-14)28(24,25)21-10-4-5-13(12-21)18-20-16-8-1-2-9-17(16)26-18/h1-3,6-9,11,13H,4-5,10,12H2,(H2,19,22,23). The highest BCUT2D eigenvalue weighted by molar-refractivity contribution is 7.90. The summed E-state index contributed by atoms with van der Waals surface area (Å²) >= 11 is 0. The molecule has 2 N–H and O–H groups in total. The van der Waals surface area contributed by atoms with Gasteiger partial charge in [0.25, 0.3) is 0 Å². The number of rotatable bonds is 4. The van der Waals surface area contributed by atoms with Crippen LogP contribution in [0.3, 0.4) is 0 Å². The van der Waals surface area contributed by atoms with Gasteiger partial charge in [0.05, 0.1) is 9.79 Å². The summed E-state index contributed by atoms with van der Waals surface area (Å²) in [5, 5.41) is 5.13. The first kappa shape index (κ1) is 19.1. The summed E-state index contributed by atoms with van der Waals surface area (Å²) in [5.41, 5.74) is 1.40. The van der Waals surface area contributed by atoms with E-state index in [2.05, 4.69) is 4.98 Å². The molecular formula is C18H19N3O5S2. The first-order valence-corrected chi connectivity index (χ1v) is 11.7. The van der Waals surface area contributed by atoms with Gasteiger partial charge in [0.1, 0.15) is 5.52 Å². The summed E-state index contributed by atoms with van der Waals surface area (Å²) in [7, 11) is -7.86. The zero-order chi connectivity index (χ0) is 19.9. The van der Waals surface area contributed by atoms with Gasteiger partial charge in [-0.25, -0.2) is 27.0 Å². The maximum atomic E-state index is 13.1. The molecule has 3 aromatic rings. The smallest absolute Gasteiger partial charge is 0.243 e. The number of primary sulfonamides is 1. The zero-order valence-electron chi connectivity index (χ0n) is 14.9. The third kappa shape index (κ3) is 3.55. The van der Waals surface area contributed by atoms with Crippen molar-refractivity contribution >= 4 is 31.1 Å². The number of piperidine rings is 1. The van der Waals surface area contributed by atoms with Gasteiger partial charge in [0.2, 0.25) is 20.0 Å². The van der Waals surface area contributed by atoms with Crippen molar-refractivity contribution in [3.05, 3.63) is 54.4 Å². The van der Waals surface area contributed by atoms with Crippen LogP contribution in [0.15, 0.2) is 62.7 Å². The first-order chi connectivity index (χ1) is 13.2. The lowest BCUT2D eigenvalue weighted by atomic mass is 10.00. The SMILES string of the molecule is NS(=O)(=O)c1cccc(S(=O)(=O)N2CCCC(c3nc4ccccc4o3)C2)c1. The van der Waals surface area contributed by atoms with Gasteiger partial charge in [0.15, 0.2) is 11.5 Å². The van der Waals surface area contributed by atoms with Crippen molar-refractivity contribution in [2.45, 2.75) is 28.6 Å². The van der Waals surface area contributed by atoms with Crippen LogP contribution in [0.5, 0.6) is 0 Å². The Morgan fingerprint density at radius 1 is 1.04 bits per heavy atom. The number of oxazole rings is 1. The topological polar surface area (TPSA) is 124 Å². The lowest BCUT2D eigenvalue weighted by molar-refractivity contribution is 0.288. The Labute approximate surface area is 163 Å². The van der Waals surface area contributed by atoms with Crippen LogP contribution in [0, 0.1) is 0 Å². The van der Waals surface area contributed by atoms with Gasteiger partial charge in [0, 0.05) is 19.0 Å². The minimum absolute atomic E-state index is 0.0998. The molecule has 0 spiro atoms. The lowest BCUT2D eigenvalue weighted by Gasteiger charge is -2.30. The predicted molar refractivity (Wildman–Crippen MR) is 103 cm³/mol. The Morgan fingerprint density at radius 2 is 1.79 bits per heavy atom. The number of fused-ring (bicyclic) bond motifs is 1. The monoisotopic (exact) mass is 421 g/mol. The van der Waals surface area contributed by atoms with Gasteiger partial charge in [-0.05, 0) is 43.2 Å². The molecule has 0 saturated carbocycles. The molecule has 0 aliphatic carbocycles. The molecule has 1 saturated heterocycles. The summed E-state index contributed by atoms with van der Waals surface area (Å²) in [4.78, 5) is 4.15. The van der Waals surface area contributed by atoms with Gasteiger partial charge >= 0.3 is 0 Å². The van der Waals surface area contributed by atoms with Gasteiger partial charge in [-0.1, -0.05) is 18.2 Å². The molecule has 1 aromatic heterocycles. The second kappa shape index (κ2) is 6.96. The molecule has 4 rings (SSSR count). The summed E-state index contributed by atoms with van der Waals surface area (Å²) in [5.74, 6) is 0.344. The van der Waals surface area contributed by atoms with Crippen LogP contribution >= 0.6 is 0 Å². The normalized spacial score (nSPS) is 19.1. The number of nitrogens with zero attached hydrogens (tertiary/aromatic N) is 2. The molecule has 10 heteroatoms. The molecule has 0 amide bonds. The summed E-state index contributed by atoms with van der Waals surface area (Å²) in [6.45, 7) is 0.563. The van der Waals surface area contributed by atoms with E-state index in [1.54, 1.807) is 0 Å². The number of benzene rings is 2. The van der Waals surface area contributed by atoms with E-state index in [9.17, 15) is 16.8 Å². The number of hydrogen-bond donors (Lipinski definition) is 1. The number of sulfonamides is 2. The molecular weight excluding hydrogens is 402 g/mol. The molecule has 148 valence electrons. The molecule has 2 heterocycles. The minimum Gasteiger partial charge on any atom is -0.440 e. The fourth-order valence-corrected chi connectivity index (χ4v) is 5.59. The van der Waals surface area contributed by atoms with E-state index in [1.807, 2.05) is 24.3 Å². The third-order valence-corrected chi connectivity index (χ3v) is 7.59. The highest BCUT2D eigenvalue weighted by atomic mass is 32.2. The second-order valence-electron chi connectivity index (χ2n) is 6.74. The number of para-hydroxylation sites is 2. The molecule has 0 radical (unpaired) electrons. The van der Waals surface area contributed by atoms with Crippen LogP contribution in [0.4, 0.5) is 0 Å². The van der Waals surface area contributed by atoms with Crippen molar-refractivity contribution in [3.8, 4) is 0 Å². The zero-order valence-corrected chi connectivity index (χ0v) is 16.5. The van der Waals surface area contributed by atoms with E-state index < -0.39 is 20.0 Å². The second-order valence-corrected chi connectivity index (χ2v) is 10.2. The Hall–Kier alpha value is -2.27. The molecule has 8 nitrogen and oxygen atoms in total. The van der Waals surface area contributed by atoms with Crippen LogP contribution < -0.4 is 5.14 Å².